The van der Waals surface area contributed by atoms with E-state index in [-0.39, 0.29) is 24.0 Å². The van der Waals surface area contributed by atoms with Gasteiger partial charge in [0.1, 0.15) is 6.61 Å². The summed E-state index contributed by atoms with van der Waals surface area (Å²) in [5, 5.41) is 6.61. The predicted octanol–water partition coefficient (Wildman–Crippen LogP) is 4.13. The van der Waals surface area contributed by atoms with Crippen LogP contribution in [0.25, 0.3) is 0 Å². The average molecular weight is 468 g/mol. The molecular formula is C20H29IN4O. The number of hydrogen-bond acceptors (Lipinski definition) is 3. The summed E-state index contributed by atoms with van der Waals surface area (Å²) in [4.78, 5) is 8.90. The van der Waals surface area contributed by atoms with Crippen molar-refractivity contribution in [3.05, 3.63) is 59.8 Å². The maximum Gasteiger partial charge on any atom is 0.213 e. The zero-order chi connectivity index (χ0) is 17.7. The summed E-state index contributed by atoms with van der Waals surface area (Å²) in [6, 6.07) is 14.0. The van der Waals surface area contributed by atoms with Crippen molar-refractivity contribution in [2.75, 3.05) is 13.1 Å². The zero-order valence-electron chi connectivity index (χ0n) is 15.6. The van der Waals surface area contributed by atoms with Gasteiger partial charge in [-0.3, -0.25) is 0 Å². The number of aromatic nitrogens is 1. The minimum absolute atomic E-state index is 0. The van der Waals surface area contributed by atoms with E-state index < -0.39 is 0 Å². The first-order valence-corrected chi connectivity index (χ1v) is 8.95. The van der Waals surface area contributed by atoms with Gasteiger partial charge in [0.15, 0.2) is 5.96 Å². The lowest BCUT2D eigenvalue weighted by atomic mass is 10.2. The second-order valence-corrected chi connectivity index (χ2v) is 5.75. The Balaban J connectivity index is 0.00000338. The largest absolute Gasteiger partial charge is 0.473 e. The summed E-state index contributed by atoms with van der Waals surface area (Å²) in [7, 11) is 0. The van der Waals surface area contributed by atoms with Crippen molar-refractivity contribution >= 4 is 29.9 Å². The molecule has 0 radical (unpaired) electrons. The molecule has 0 unspecified atom stereocenters. The van der Waals surface area contributed by atoms with Crippen LogP contribution in [0.1, 0.15) is 37.8 Å². The average Bonchev–Trinajstić information content (AvgIpc) is 2.66. The van der Waals surface area contributed by atoms with Crippen molar-refractivity contribution in [1.29, 1.82) is 0 Å². The molecule has 0 bridgehead atoms. The molecule has 2 rings (SSSR count). The number of nitrogens with one attached hydrogen (secondary N) is 2. The molecule has 1 aromatic carbocycles. The van der Waals surface area contributed by atoms with Crippen LogP contribution in [0.4, 0.5) is 0 Å². The normalized spacial score (nSPS) is 10.8. The fourth-order valence-corrected chi connectivity index (χ4v) is 2.25. The molecule has 6 heteroatoms. The number of ether oxygens (including phenoxy) is 1. The minimum Gasteiger partial charge on any atom is -0.473 e. The lowest BCUT2D eigenvalue weighted by Gasteiger charge is -2.11. The van der Waals surface area contributed by atoms with Gasteiger partial charge in [0.05, 0.1) is 6.54 Å². The van der Waals surface area contributed by atoms with E-state index >= 15 is 0 Å². The molecular weight excluding hydrogens is 439 g/mol. The Morgan fingerprint density at radius 3 is 2.62 bits per heavy atom. The van der Waals surface area contributed by atoms with Crippen LogP contribution in [0.3, 0.4) is 0 Å². The first-order valence-electron chi connectivity index (χ1n) is 8.95. The summed E-state index contributed by atoms with van der Waals surface area (Å²) in [5.41, 5.74) is 2.20. The molecule has 5 nitrogen and oxygen atoms in total. The highest BCUT2D eigenvalue weighted by Gasteiger charge is 2.01. The maximum atomic E-state index is 5.78. The minimum atomic E-state index is 0. The standard InChI is InChI=1S/C20H28N4O.HI/c1-3-5-12-23-20(21-4-2)24-15-18-11-13-22-19(14-18)25-16-17-9-7-6-8-10-17;/h6-11,13-14H,3-5,12,15-16H2,1-2H3,(H2,21,23,24);1H. The Hall–Kier alpha value is -1.83. The molecule has 0 atom stereocenters. The summed E-state index contributed by atoms with van der Waals surface area (Å²) in [6.45, 7) is 7.13. The molecule has 26 heavy (non-hydrogen) atoms. The fourth-order valence-electron chi connectivity index (χ4n) is 2.25. The van der Waals surface area contributed by atoms with E-state index in [0.717, 1.165) is 36.6 Å². The molecule has 0 saturated carbocycles. The number of pyridine rings is 1. The SMILES string of the molecule is CCCCNC(=NCc1ccnc(OCc2ccccc2)c1)NCC.I. The number of halogens is 1. The summed E-state index contributed by atoms with van der Waals surface area (Å²) in [6.07, 6.45) is 4.07. The van der Waals surface area contributed by atoms with E-state index in [1.165, 1.54) is 6.42 Å². The smallest absolute Gasteiger partial charge is 0.213 e. The van der Waals surface area contributed by atoms with Crippen LogP contribution >= 0.6 is 24.0 Å². The van der Waals surface area contributed by atoms with E-state index in [1.807, 2.05) is 42.5 Å². The molecule has 1 heterocycles. The van der Waals surface area contributed by atoms with Gasteiger partial charge in [-0.25, -0.2) is 9.98 Å². The first kappa shape index (κ1) is 22.2. The van der Waals surface area contributed by atoms with Crippen LogP contribution in [0, 0.1) is 0 Å². The van der Waals surface area contributed by atoms with E-state index in [9.17, 15) is 0 Å². The van der Waals surface area contributed by atoms with Crippen LogP contribution in [0.5, 0.6) is 5.88 Å². The van der Waals surface area contributed by atoms with Crippen molar-refractivity contribution < 1.29 is 4.74 Å². The number of unbranched alkanes of at least 4 members (excludes halogenated alkanes) is 1. The van der Waals surface area contributed by atoms with Gasteiger partial charge in [0.2, 0.25) is 5.88 Å². The molecule has 2 aromatic rings. The molecule has 0 aliphatic heterocycles. The van der Waals surface area contributed by atoms with Crippen molar-refractivity contribution in [2.45, 2.75) is 39.8 Å². The van der Waals surface area contributed by atoms with E-state index in [0.29, 0.717) is 19.0 Å². The van der Waals surface area contributed by atoms with Crippen molar-refractivity contribution in [2.24, 2.45) is 4.99 Å². The molecule has 0 aliphatic rings. The van der Waals surface area contributed by atoms with Gasteiger partial charge in [-0.05, 0) is 30.5 Å². The van der Waals surface area contributed by atoms with E-state index in [1.54, 1.807) is 6.20 Å². The molecule has 1 aromatic heterocycles. The lowest BCUT2D eigenvalue weighted by molar-refractivity contribution is 0.293. The summed E-state index contributed by atoms with van der Waals surface area (Å²) < 4.78 is 5.78. The van der Waals surface area contributed by atoms with Crippen molar-refractivity contribution in [1.82, 2.24) is 15.6 Å². The molecule has 0 spiro atoms. The predicted molar refractivity (Wildman–Crippen MR) is 118 cm³/mol. The maximum absolute atomic E-state index is 5.78. The first-order chi connectivity index (χ1) is 12.3. The van der Waals surface area contributed by atoms with E-state index in [2.05, 4.69) is 34.5 Å². The molecule has 0 aliphatic carbocycles. The second kappa shape index (κ2) is 13.4. The Labute approximate surface area is 173 Å². The highest BCUT2D eigenvalue weighted by Crippen LogP contribution is 2.12. The molecule has 142 valence electrons. The van der Waals surface area contributed by atoms with Gasteiger partial charge in [0, 0.05) is 25.4 Å². The Kier molecular flexibility index (Phi) is 11.4. The highest BCUT2D eigenvalue weighted by molar-refractivity contribution is 14.0. The zero-order valence-corrected chi connectivity index (χ0v) is 17.9. The summed E-state index contributed by atoms with van der Waals surface area (Å²) >= 11 is 0. The number of benzene rings is 1. The van der Waals surface area contributed by atoms with E-state index in [4.69, 9.17) is 4.74 Å². The van der Waals surface area contributed by atoms with Gasteiger partial charge in [-0.15, -0.1) is 24.0 Å². The van der Waals surface area contributed by atoms with Crippen molar-refractivity contribution in [3.63, 3.8) is 0 Å². The van der Waals surface area contributed by atoms with Gasteiger partial charge in [-0.1, -0.05) is 43.7 Å². The lowest BCUT2D eigenvalue weighted by Crippen LogP contribution is -2.37. The summed E-state index contributed by atoms with van der Waals surface area (Å²) in [5.74, 6) is 1.47. The van der Waals surface area contributed by atoms with Crippen LogP contribution < -0.4 is 15.4 Å². The quantitative estimate of drug-likeness (QED) is 0.252. The van der Waals surface area contributed by atoms with Crippen LogP contribution in [0.15, 0.2) is 53.7 Å². The third-order valence-corrected chi connectivity index (χ3v) is 3.62. The van der Waals surface area contributed by atoms with Crippen LogP contribution in [-0.2, 0) is 13.2 Å². The number of rotatable bonds is 9. The topological polar surface area (TPSA) is 58.5 Å². The monoisotopic (exact) mass is 468 g/mol. The Morgan fingerprint density at radius 1 is 1.08 bits per heavy atom. The van der Waals surface area contributed by atoms with Crippen LogP contribution in [0.2, 0.25) is 0 Å². The number of hydrogen-bond donors (Lipinski definition) is 2. The second-order valence-electron chi connectivity index (χ2n) is 5.75. The number of guanidine groups is 1. The van der Waals surface area contributed by atoms with Gasteiger partial charge in [-0.2, -0.15) is 0 Å². The van der Waals surface area contributed by atoms with Gasteiger partial charge < -0.3 is 15.4 Å². The Morgan fingerprint density at radius 2 is 1.88 bits per heavy atom. The van der Waals surface area contributed by atoms with Gasteiger partial charge >= 0.3 is 0 Å². The molecule has 2 N–H and O–H groups in total. The third kappa shape index (κ3) is 8.51. The van der Waals surface area contributed by atoms with Crippen molar-refractivity contribution in [3.8, 4) is 5.88 Å². The molecule has 0 saturated heterocycles. The molecule has 0 amide bonds. The van der Waals surface area contributed by atoms with Crippen LogP contribution in [-0.4, -0.2) is 24.0 Å². The fraction of sp³-hybridized carbons (Fsp3) is 0.400. The van der Waals surface area contributed by atoms with Gasteiger partial charge in [0.25, 0.3) is 0 Å². The third-order valence-electron chi connectivity index (χ3n) is 3.62. The number of aliphatic imine (C=N–C) groups is 1. The highest BCUT2D eigenvalue weighted by atomic mass is 127. The molecule has 0 fully saturated rings. The number of nitrogens with zero attached hydrogens (tertiary/aromatic N) is 2. The Bertz CT molecular complexity index is 649.